The second kappa shape index (κ2) is 6.97. The maximum absolute atomic E-state index is 12.4. The zero-order valence-corrected chi connectivity index (χ0v) is 13.7. The highest BCUT2D eigenvalue weighted by Crippen LogP contribution is 2.25. The van der Waals surface area contributed by atoms with Crippen LogP contribution in [0.5, 0.6) is 5.88 Å². The normalized spacial score (nSPS) is 16.0. The summed E-state index contributed by atoms with van der Waals surface area (Å²) < 4.78 is 1.36. The number of nitrogens with zero attached hydrogens (tertiary/aromatic N) is 3. The molecule has 0 amide bonds. The molecule has 2 rings (SSSR count). The van der Waals surface area contributed by atoms with E-state index in [9.17, 15) is 15.2 Å². The van der Waals surface area contributed by atoms with Gasteiger partial charge in [0.2, 0.25) is 0 Å². The molecule has 1 aliphatic heterocycles. The van der Waals surface area contributed by atoms with Crippen molar-refractivity contribution < 1.29 is 5.11 Å². The van der Waals surface area contributed by atoms with Gasteiger partial charge in [0, 0.05) is 18.7 Å². The molecule has 5 heteroatoms. The van der Waals surface area contributed by atoms with Gasteiger partial charge >= 0.3 is 0 Å². The van der Waals surface area contributed by atoms with Gasteiger partial charge in [-0.05, 0) is 44.3 Å². The summed E-state index contributed by atoms with van der Waals surface area (Å²) in [4.78, 5) is 14.7. The third kappa shape index (κ3) is 3.33. The minimum absolute atomic E-state index is 0.0285. The Morgan fingerprint density at radius 1 is 1.27 bits per heavy atom. The molecular formula is C17H25N3O2. The lowest BCUT2D eigenvalue weighted by molar-refractivity contribution is 0.216. The van der Waals surface area contributed by atoms with E-state index in [0.717, 1.165) is 31.5 Å². The predicted molar refractivity (Wildman–Crippen MR) is 85.8 cm³/mol. The number of piperidine rings is 1. The Morgan fingerprint density at radius 2 is 1.91 bits per heavy atom. The van der Waals surface area contributed by atoms with Crippen LogP contribution in [-0.4, -0.2) is 27.7 Å². The molecule has 0 spiro atoms. The summed E-state index contributed by atoms with van der Waals surface area (Å²) in [5, 5.41) is 19.9. The quantitative estimate of drug-likeness (QED) is 0.927. The summed E-state index contributed by atoms with van der Waals surface area (Å²) >= 11 is 0. The van der Waals surface area contributed by atoms with Crippen LogP contribution >= 0.6 is 0 Å². The van der Waals surface area contributed by atoms with Gasteiger partial charge < -0.3 is 5.11 Å². The molecule has 120 valence electrons. The Hall–Kier alpha value is -1.80. The predicted octanol–water partition coefficient (Wildman–Crippen LogP) is 2.38. The van der Waals surface area contributed by atoms with Gasteiger partial charge in [-0.25, -0.2) is 0 Å². The first-order valence-corrected chi connectivity index (χ1v) is 8.03. The highest BCUT2D eigenvalue weighted by molar-refractivity contribution is 5.45. The molecule has 0 atom stereocenters. The number of hydrogen-bond donors (Lipinski definition) is 1. The van der Waals surface area contributed by atoms with Gasteiger partial charge in [-0.3, -0.25) is 14.3 Å². The number of rotatable bonds is 4. The average Bonchev–Trinajstić information content (AvgIpc) is 2.49. The molecule has 1 aromatic heterocycles. The molecule has 0 radical (unpaired) electrons. The van der Waals surface area contributed by atoms with E-state index in [1.54, 1.807) is 6.92 Å². The molecule has 22 heavy (non-hydrogen) atoms. The lowest BCUT2D eigenvalue weighted by Crippen LogP contribution is -2.32. The van der Waals surface area contributed by atoms with Crippen molar-refractivity contribution in [1.29, 1.82) is 5.26 Å². The monoisotopic (exact) mass is 303 g/mol. The third-order valence-corrected chi connectivity index (χ3v) is 4.30. The number of likely N-dealkylation sites (tertiary alicyclic amines) is 1. The van der Waals surface area contributed by atoms with Crippen LogP contribution in [0.3, 0.4) is 0 Å². The fourth-order valence-corrected chi connectivity index (χ4v) is 3.07. The van der Waals surface area contributed by atoms with Crippen molar-refractivity contribution in [3.63, 3.8) is 0 Å². The van der Waals surface area contributed by atoms with Crippen LogP contribution < -0.4 is 5.56 Å². The van der Waals surface area contributed by atoms with Crippen LogP contribution in [0, 0.1) is 24.2 Å². The Morgan fingerprint density at radius 3 is 2.45 bits per heavy atom. The molecule has 0 aromatic carbocycles. The molecule has 1 fully saturated rings. The summed E-state index contributed by atoms with van der Waals surface area (Å²) in [6.45, 7) is 8.77. The molecule has 0 bridgehead atoms. The molecule has 1 aliphatic rings. The maximum atomic E-state index is 12.4. The Balaban J connectivity index is 2.47. The van der Waals surface area contributed by atoms with E-state index in [4.69, 9.17) is 0 Å². The van der Waals surface area contributed by atoms with Crippen LogP contribution in [-0.2, 0) is 13.1 Å². The Kier molecular flexibility index (Phi) is 5.25. The summed E-state index contributed by atoms with van der Waals surface area (Å²) in [6.07, 6.45) is 3.57. The molecule has 5 nitrogen and oxygen atoms in total. The number of aromatic hydroxyl groups is 1. The van der Waals surface area contributed by atoms with E-state index in [1.807, 2.05) is 19.9 Å². The van der Waals surface area contributed by atoms with Crippen LogP contribution in [0.4, 0.5) is 0 Å². The van der Waals surface area contributed by atoms with Crippen molar-refractivity contribution in [2.45, 2.75) is 53.1 Å². The molecular weight excluding hydrogens is 278 g/mol. The Labute approximate surface area is 131 Å². The van der Waals surface area contributed by atoms with Crippen molar-refractivity contribution in [1.82, 2.24) is 9.47 Å². The van der Waals surface area contributed by atoms with Crippen LogP contribution in [0.15, 0.2) is 4.79 Å². The van der Waals surface area contributed by atoms with Gasteiger partial charge in [0.1, 0.15) is 11.6 Å². The SMILES string of the molecule is Cc1c(CN2CCCCC2)c(O)n(CC(C)C)c(=O)c1C#N. The Bertz CT molecular complexity index is 635. The summed E-state index contributed by atoms with van der Waals surface area (Å²) in [5.41, 5.74) is 1.12. The van der Waals surface area contributed by atoms with E-state index in [1.165, 1.54) is 11.0 Å². The summed E-state index contributed by atoms with van der Waals surface area (Å²) in [5.74, 6) is 0.251. The van der Waals surface area contributed by atoms with Gasteiger partial charge in [0.25, 0.3) is 5.56 Å². The van der Waals surface area contributed by atoms with Crippen LogP contribution in [0.1, 0.15) is 49.8 Å². The molecule has 1 N–H and O–H groups in total. The number of aromatic nitrogens is 1. The van der Waals surface area contributed by atoms with Crippen molar-refractivity contribution >= 4 is 0 Å². The third-order valence-electron chi connectivity index (χ3n) is 4.30. The van der Waals surface area contributed by atoms with Gasteiger partial charge in [0.05, 0.1) is 0 Å². The van der Waals surface area contributed by atoms with E-state index in [2.05, 4.69) is 4.90 Å². The van der Waals surface area contributed by atoms with Crippen molar-refractivity contribution in [3.05, 3.63) is 27.0 Å². The second-order valence-electron chi connectivity index (χ2n) is 6.56. The fourth-order valence-electron chi connectivity index (χ4n) is 3.07. The minimum atomic E-state index is -0.381. The molecule has 0 saturated carbocycles. The average molecular weight is 303 g/mol. The first kappa shape index (κ1) is 16.6. The van der Waals surface area contributed by atoms with Gasteiger partial charge in [0.15, 0.2) is 5.88 Å². The highest BCUT2D eigenvalue weighted by atomic mass is 16.3. The van der Waals surface area contributed by atoms with E-state index in [0.29, 0.717) is 18.7 Å². The van der Waals surface area contributed by atoms with E-state index < -0.39 is 0 Å². The second-order valence-corrected chi connectivity index (χ2v) is 6.56. The molecule has 1 saturated heterocycles. The summed E-state index contributed by atoms with van der Waals surface area (Å²) in [7, 11) is 0. The van der Waals surface area contributed by atoms with Crippen molar-refractivity contribution in [3.8, 4) is 11.9 Å². The molecule has 1 aromatic rings. The van der Waals surface area contributed by atoms with Crippen LogP contribution in [0.2, 0.25) is 0 Å². The molecule has 0 aliphatic carbocycles. The lowest BCUT2D eigenvalue weighted by atomic mass is 10.0. The standard InChI is InChI=1S/C17H25N3O2/c1-12(2)10-20-16(21)14(9-18)13(3)15(17(20)22)11-19-7-5-4-6-8-19/h12,22H,4-8,10-11H2,1-3H3. The van der Waals surface area contributed by atoms with Crippen molar-refractivity contribution in [2.24, 2.45) is 5.92 Å². The zero-order chi connectivity index (χ0) is 16.3. The molecule has 2 heterocycles. The van der Waals surface area contributed by atoms with Gasteiger partial charge in [-0.1, -0.05) is 20.3 Å². The number of pyridine rings is 1. The van der Waals surface area contributed by atoms with E-state index in [-0.39, 0.29) is 22.9 Å². The van der Waals surface area contributed by atoms with Crippen LogP contribution in [0.25, 0.3) is 0 Å². The smallest absolute Gasteiger partial charge is 0.271 e. The number of hydrogen-bond acceptors (Lipinski definition) is 4. The van der Waals surface area contributed by atoms with Gasteiger partial charge in [-0.2, -0.15) is 5.26 Å². The minimum Gasteiger partial charge on any atom is -0.494 e. The van der Waals surface area contributed by atoms with E-state index >= 15 is 0 Å². The zero-order valence-electron chi connectivity index (χ0n) is 13.7. The summed E-state index contributed by atoms with van der Waals surface area (Å²) in [6, 6.07) is 2.02. The van der Waals surface area contributed by atoms with Gasteiger partial charge in [-0.15, -0.1) is 0 Å². The molecule has 0 unspecified atom stereocenters. The fraction of sp³-hybridized carbons (Fsp3) is 0.647. The first-order valence-electron chi connectivity index (χ1n) is 8.03. The number of nitriles is 1. The highest BCUT2D eigenvalue weighted by Gasteiger charge is 2.21. The lowest BCUT2D eigenvalue weighted by Gasteiger charge is -2.28. The van der Waals surface area contributed by atoms with Crippen molar-refractivity contribution in [2.75, 3.05) is 13.1 Å². The topological polar surface area (TPSA) is 69.3 Å². The maximum Gasteiger partial charge on any atom is 0.271 e. The largest absolute Gasteiger partial charge is 0.494 e. The first-order chi connectivity index (χ1) is 10.5.